The molecule has 5 rings (SSSR count). The molecular formula is C27H40N4O3. The first-order valence-corrected chi connectivity index (χ1v) is 12.9. The maximum Gasteiger partial charge on any atom is 0.201 e. The normalized spacial score (nSPS) is 31.5. The summed E-state index contributed by atoms with van der Waals surface area (Å²) in [6.45, 7) is 4.58. The van der Waals surface area contributed by atoms with Gasteiger partial charge in [-0.25, -0.2) is 9.78 Å². The molecule has 0 atom stereocenters. The number of nitrogens with one attached hydrogen (secondary N) is 2. The van der Waals surface area contributed by atoms with Gasteiger partial charge in [-0.3, -0.25) is 4.98 Å². The van der Waals surface area contributed by atoms with Gasteiger partial charge in [-0.05, 0) is 76.6 Å². The highest BCUT2D eigenvalue weighted by Crippen LogP contribution is 2.38. The third-order valence-corrected chi connectivity index (χ3v) is 7.65. The number of hydrogen-bond acceptors (Lipinski definition) is 7. The van der Waals surface area contributed by atoms with Gasteiger partial charge in [-0.15, -0.1) is 0 Å². The zero-order chi connectivity index (χ0) is 23.8. The van der Waals surface area contributed by atoms with Crippen LogP contribution in [-0.2, 0) is 14.5 Å². The van der Waals surface area contributed by atoms with Gasteiger partial charge in [0.05, 0.1) is 12.1 Å². The summed E-state index contributed by atoms with van der Waals surface area (Å²) in [5.74, 6) is -0.533. The van der Waals surface area contributed by atoms with Crippen LogP contribution in [0.15, 0.2) is 30.5 Å². The molecule has 3 fully saturated rings. The van der Waals surface area contributed by atoms with Crippen molar-refractivity contribution in [3.63, 3.8) is 0 Å². The van der Waals surface area contributed by atoms with Crippen molar-refractivity contribution in [2.75, 3.05) is 30.9 Å². The summed E-state index contributed by atoms with van der Waals surface area (Å²) < 4.78 is 6.09. The maximum absolute atomic E-state index is 6.09. The summed E-state index contributed by atoms with van der Waals surface area (Å²) in [6, 6.07) is 10.2. The van der Waals surface area contributed by atoms with Crippen molar-refractivity contribution < 1.29 is 14.5 Å². The fourth-order valence-corrected chi connectivity index (χ4v) is 5.49. The van der Waals surface area contributed by atoms with Crippen molar-refractivity contribution in [2.24, 2.45) is 0 Å². The molecule has 2 heterocycles. The van der Waals surface area contributed by atoms with Crippen LogP contribution in [0.5, 0.6) is 0 Å². The predicted molar refractivity (Wildman–Crippen MR) is 136 cm³/mol. The molecule has 0 bridgehead atoms. The van der Waals surface area contributed by atoms with Gasteiger partial charge in [0.25, 0.3) is 0 Å². The molecular weight excluding hydrogens is 428 g/mol. The third-order valence-electron chi connectivity index (χ3n) is 7.65. The lowest BCUT2D eigenvalue weighted by molar-refractivity contribution is -0.511. The Morgan fingerprint density at radius 2 is 1.62 bits per heavy atom. The van der Waals surface area contributed by atoms with E-state index in [1.165, 1.54) is 42.4 Å². The Bertz CT molecular complexity index is 967. The zero-order valence-corrected chi connectivity index (χ0v) is 21.1. The molecule has 1 aliphatic heterocycles. The van der Waals surface area contributed by atoms with Crippen LogP contribution in [0.25, 0.3) is 10.9 Å². The Morgan fingerprint density at radius 1 is 0.912 bits per heavy atom. The molecule has 0 amide bonds. The predicted octanol–water partition coefficient (Wildman–Crippen LogP) is 5.01. The number of hydrogen-bond donors (Lipinski definition) is 2. The first-order valence-electron chi connectivity index (χ1n) is 12.9. The average Bonchev–Trinajstić information content (AvgIpc) is 2.84. The molecule has 186 valence electrons. The number of ether oxygens (including phenoxy) is 1. The van der Waals surface area contributed by atoms with Crippen molar-refractivity contribution in [3.05, 3.63) is 30.5 Å². The summed E-state index contributed by atoms with van der Waals surface area (Å²) in [5.41, 5.74) is 3.08. The van der Waals surface area contributed by atoms with E-state index in [4.69, 9.17) is 14.5 Å². The SMILES string of the molecule is CN(C)c1ccc2nccc(NC3CCC(NC4CCC5(CC4)OCC(C)(C)OO5)CC3)c2c1. The average molecular weight is 469 g/mol. The quantitative estimate of drug-likeness (QED) is 0.598. The third kappa shape index (κ3) is 5.33. The van der Waals surface area contributed by atoms with Crippen molar-refractivity contribution in [3.8, 4) is 0 Å². The number of nitrogens with zero attached hydrogens (tertiary/aromatic N) is 2. The van der Waals surface area contributed by atoms with Crippen LogP contribution < -0.4 is 15.5 Å². The van der Waals surface area contributed by atoms with E-state index in [0.717, 1.165) is 31.2 Å². The summed E-state index contributed by atoms with van der Waals surface area (Å²) in [4.78, 5) is 18.0. The number of pyridine rings is 1. The van der Waals surface area contributed by atoms with Crippen LogP contribution in [0.2, 0.25) is 0 Å². The van der Waals surface area contributed by atoms with Crippen LogP contribution in [-0.4, -0.2) is 55.2 Å². The largest absolute Gasteiger partial charge is 0.382 e. The van der Waals surface area contributed by atoms with Gasteiger partial charge in [0, 0.05) is 68.0 Å². The highest BCUT2D eigenvalue weighted by molar-refractivity contribution is 5.93. The number of anilines is 2. The monoisotopic (exact) mass is 468 g/mol. The highest BCUT2D eigenvalue weighted by Gasteiger charge is 2.45. The van der Waals surface area contributed by atoms with Gasteiger partial charge in [0.2, 0.25) is 5.79 Å². The molecule has 1 aromatic carbocycles. The van der Waals surface area contributed by atoms with Gasteiger partial charge in [-0.2, -0.15) is 0 Å². The Balaban J connectivity index is 1.11. The molecule has 2 aromatic rings. The van der Waals surface area contributed by atoms with E-state index in [0.29, 0.717) is 24.7 Å². The van der Waals surface area contributed by atoms with E-state index in [-0.39, 0.29) is 5.60 Å². The minimum Gasteiger partial charge on any atom is -0.382 e. The molecule has 2 N–H and O–H groups in total. The molecule has 1 spiro atoms. The Kier molecular flexibility index (Phi) is 6.73. The number of fused-ring (bicyclic) bond motifs is 1. The van der Waals surface area contributed by atoms with Crippen molar-refractivity contribution in [1.82, 2.24) is 10.3 Å². The van der Waals surface area contributed by atoms with Crippen molar-refractivity contribution >= 4 is 22.3 Å². The molecule has 1 aromatic heterocycles. The number of benzene rings is 1. The second-order valence-electron chi connectivity index (χ2n) is 11.2. The second kappa shape index (κ2) is 9.61. The summed E-state index contributed by atoms with van der Waals surface area (Å²) in [7, 11) is 4.16. The lowest BCUT2D eigenvalue weighted by Gasteiger charge is -2.45. The maximum atomic E-state index is 6.09. The molecule has 34 heavy (non-hydrogen) atoms. The number of rotatable bonds is 5. The van der Waals surface area contributed by atoms with E-state index < -0.39 is 5.79 Å². The Hall–Kier alpha value is -1.93. The van der Waals surface area contributed by atoms with E-state index in [1.54, 1.807) is 0 Å². The molecule has 7 heteroatoms. The van der Waals surface area contributed by atoms with Gasteiger partial charge < -0.3 is 20.3 Å². The second-order valence-corrected chi connectivity index (χ2v) is 11.2. The minimum atomic E-state index is -0.533. The molecule has 1 saturated heterocycles. The van der Waals surface area contributed by atoms with Crippen LogP contribution >= 0.6 is 0 Å². The smallest absolute Gasteiger partial charge is 0.201 e. The Morgan fingerprint density at radius 3 is 2.29 bits per heavy atom. The van der Waals surface area contributed by atoms with Gasteiger partial charge in [-0.1, -0.05) is 0 Å². The van der Waals surface area contributed by atoms with E-state index in [2.05, 4.69) is 58.9 Å². The number of aromatic nitrogens is 1. The van der Waals surface area contributed by atoms with Gasteiger partial charge >= 0.3 is 0 Å². The van der Waals surface area contributed by atoms with Crippen LogP contribution in [0, 0.1) is 0 Å². The first-order chi connectivity index (χ1) is 16.3. The molecule has 7 nitrogen and oxygen atoms in total. The standard InChI is InChI=1S/C27H40N4O3/c1-26(2)18-32-27(34-33-26)14-11-21(12-15-27)29-19-5-7-20(8-6-19)30-25-13-16-28-24-10-9-22(31(3)4)17-23(24)25/h9-10,13,16-17,19-21,29H,5-8,11-12,14-15,18H2,1-4H3,(H,28,30). The highest BCUT2D eigenvalue weighted by atomic mass is 17.2. The molecule has 0 radical (unpaired) electrons. The lowest BCUT2D eigenvalue weighted by Crippen LogP contribution is -2.53. The topological polar surface area (TPSA) is 67.9 Å². The summed E-state index contributed by atoms with van der Waals surface area (Å²) in [5, 5.41) is 8.96. The first kappa shape index (κ1) is 23.8. The van der Waals surface area contributed by atoms with Gasteiger partial charge in [0.15, 0.2) is 0 Å². The summed E-state index contributed by atoms with van der Waals surface area (Å²) >= 11 is 0. The van der Waals surface area contributed by atoms with Crippen molar-refractivity contribution in [1.29, 1.82) is 0 Å². The fraction of sp³-hybridized carbons (Fsp3) is 0.667. The van der Waals surface area contributed by atoms with E-state index >= 15 is 0 Å². The van der Waals surface area contributed by atoms with Gasteiger partial charge in [0.1, 0.15) is 5.60 Å². The summed E-state index contributed by atoms with van der Waals surface area (Å²) in [6.07, 6.45) is 10.6. The van der Waals surface area contributed by atoms with Crippen LogP contribution in [0.1, 0.15) is 65.2 Å². The fourth-order valence-electron chi connectivity index (χ4n) is 5.49. The zero-order valence-electron chi connectivity index (χ0n) is 21.1. The molecule has 3 aliphatic rings. The molecule has 2 aliphatic carbocycles. The molecule has 2 saturated carbocycles. The van der Waals surface area contributed by atoms with Crippen LogP contribution in [0.4, 0.5) is 11.4 Å². The Labute approximate surface area is 203 Å². The van der Waals surface area contributed by atoms with Crippen molar-refractivity contribution in [2.45, 2.75) is 94.7 Å². The van der Waals surface area contributed by atoms with Crippen LogP contribution in [0.3, 0.4) is 0 Å². The van der Waals surface area contributed by atoms with E-state index in [1.807, 2.05) is 20.0 Å². The minimum absolute atomic E-state index is 0.357. The molecule has 0 unspecified atom stereocenters. The van der Waals surface area contributed by atoms with E-state index in [9.17, 15) is 0 Å². The lowest BCUT2D eigenvalue weighted by atomic mass is 9.86.